The van der Waals surface area contributed by atoms with Crippen LogP contribution in [-0.4, -0.2) is 48.3 Å². The van der Waals surface area contributed by atoms with Crippen molar-refractivity contribution < 1.29 is 9.90 Å². The first-order chi connectivity index (χ1) is 9.60. The van der Waals surface area contributed by atoms with Gasteiger partial charge < -0.3 is 20.6 Å². The lowest BCUT2D eigenvalue weighted by molar-refractivity contribution is 0.206. The van der Waals surface area contributed by atoms with Crippen LogP contribution in [0.25, 0.3) is 0 Å². The van der Waals surface area contributed by atoms with Gasteiger partial charge in [-0.25, -0.2) is 4.79 Å². The Balaban J connectivity index is 2.39. The summed E-state index contributed by atoms with van der Waals surface area (Å²) in [6.45, 7) is 6.88. The Hall–Kier alpha value is -0.820. The molecule has 0 aromatic carbocycles. The average molecular weight is 320 g/mol. The average Bonchev–Trinajstić information content (AvgIpc) is 2.83. The first kappa shape index (κ1) is 17.2. The lowest BCUT2D eigenvalue weighted by Crippen LogP contribution is -2.42. The van der Waals surface area contributed by atoms with Crippen LogP contribution in [0.1, 0.15) is 20.3 Å². The van der Waals surface area contributed by atoms with E-state index in [0.717, 1.165) is 19.6 Å². The van der Waals surface area contributed by atoms with E-state index in [9.17, 15) is 9.90 Å². The first-order valence-electron chi connectivity index (χ1n) is 6.74. The Morgan fingerprint density at radius 3 is 2.70 bits per heavy atom. The van der Waals surface area contributed by atoms with Crippen molar-refractivity contribution in [3.8, 4) is 0 Å². The molecule has 0 fully saturated rings. The molecule has 0 bridgehead atoms. The molecular formula is C13H22ClN3O2S. The highest BCUT2D eigenvalue weighted by molar-refractivity contribution is 7.15. The third-order valence-electron chi connectivity index (χ3n) is 3.11. The molecule has 0 aliphatic rings. The van der Waals surface area contributed by atoms with Crippen LogP contribution in [0.2, 0.25) is 4.34 Å². The van der Waals surface area contributed by atoms with Crippen molar-refractivity contribution in [3.63, 3.8) is 0 Å². The van der Waals surface area contributed by atoms with Gasteiger partial charge in [-0.15, -0.1) is 11.3 Å². The van der Waals surface area contributed by atoms with E-state index in [1.54, 1.807) is 6.07 Å². The molecule has 1 aromatic heterocycles. The number of nitrogens with zero attached hydrogens (tertiary/aromatic N) is 1. The molecule has 20 heavy (non-hydrogen) atoms. The number of thiophene rings is 1. The van der Waals surface area contributed by atoms with Gasteiger partial charge in [0.2, 0.25) is 0 Å². The van der Waals surface area contributed by atoms with Crippen LogP contribution in [-0.2, 0) is 0 Å². The topological polar surface area (TPSA) is 64.6 Å². The Kier molecular flexibility index (Phi) is 7.91. The number of nitrogens with one attached hydrogen (secondary N) is 2. The molecule has 0 aliphatic heterocycles. The fraction of sp³-hybridized carbons (Fsp3) is 0.615. The van der Waals surface area contributed by atoms with Gasteiger partial charge in [-0.3, -0.25) is 0 Å². The highest BCUT2D eigenvalue weighted by atomic mass is 35.5. The number of aliphatic hydroxyl groups is 1. The standard InChI is InChI=1S/C13H22ClN3O2S/c1-3-17(4-2)7-5-10(9-18)15-13(19)16-11-6-8-20-12(11)14/h6,8,10,18H,3-5,7,9H2,1-2H3,(H2,15,16,19)/t10-/m1/s1. The number of aliphatic hydroxyl groups excluding tert-OH is 1. The molecule has 3 N–H and O–H groups in total. The maximum atomic E-state index is 11.8. The van der Waals surface area contributed by atoms with E-state index >= 15 is 0 Å². The van der Waals surface area contributed by atoms with Crippen LogP contribution in [0.5, 0.6) is 0 Å². The van der Waals surface area contributed by atoms with Crippen LogP contribution >= 0.6 is 22.9 Å². The molecule has 7 heteroatoms. The monoisotopic (exact) mass is 319 g/mol. The quantitative estimate of drug-likeness (QED) is 0.690. The minimum atomic E-state index is -0.344. The van der Waals surface area contributed by atoms with Crippen molar-refractivity contribution >= 4 is 34.7 Å². The van der Waals surface area contributed by atoms with Crippen molar-refractivity contribution in [2.75, 3.05) is 31.6 Å². The van der Waals surface area contributed by atoms with Crippen molar-refractivity contribution in [3.05, 3.63) is 15.8 Å². The highest BCUT2D eigenvalue weighted by Gasteiger charge is 2.13. The molecule has 1 heterocycles. The van der Waals surface area contributed by atoms with E-state index in [-0.39, 0.29) is 18.7 Å². The second kappa shape index (κ2) is 9.18. The minimum Gasteiger partial charge on any atom is -0.394 e. The van der Waals surface area contributed by atoms with E-state index in [2.05, 4.69) is 29.4 Å². The summed E-state index contributed by atoms with van der Waals surface area (Å²) in [4.78, 5) is 14.1. The number of rotatable bonds is 8. The van der Waals surface area contributed by atoms with E-state index in [1.807, 2.05) is 5.38 Å². The zero-order valence-electron chi connectivity index (χ0n) is 11.9. The number of amides is 2. The summed E-state index contributed by atoms with van der Waals surface area (Å²) in [5, 5.41) is 16.6. The van der Waals surface area contributed by atoms with Gasteiger partial charge in [0.05, 0.1) is 18.3 Å². The van der Waals surface area contributed by atoms with Gasteiger partial charge in [-0.1, -0.05) is 25.4 Å². The maximum Gasteiger partial charge on any atom is 0.319 e. The van der Waals surface area contributed by atoms with Gasteiger partial charge in [0.25, 0.3) is 0 Å². The Bertz CT molecular complexity index is 410. The van der Waals surface area contributed by atoms with Crippen LogP contribution in [0.15, 0.2) is 11.4 Å². The van der Waals surface area contributed by atoms with E-state index in [1.165, 1.54) is 11.3 Å². The van der Waals surface area contributed by atoms with Gasteiger partial charge >= 0.3 is 6.03 Å². The molecule has 5 nitrogen and oxygen atoms in total. The smallest absolute Gasteiger partial charge is 0.319 e. The molecule has 0 aliphatic carbocycles. The van der Waals surface area contributed by atoms with E-state index in [4.69, 9.17) is 11.6 Å². The largest absolute Gasteiger partial charge is 0.394 e. The fourth-order valence-electron chi connectivity index (χ4n) is 1.81. The first-order valence-corrected chi connectivity index (χ1v) is 8.00. The van der Waals surface area contributed by atoms with Crippen LogP contribution < -0.4 is 10.6 Å². The molecular weight excluding hydrogens is 298 g/mol. The van der Waals surface area contributed by atoms with Crippen LogP contribution in [0.4, 0.5) is 10.5 Å². The molecule has 0 unspecified atom stereocenters. The molecule has 2 amide bonds. The molecule has 114 valence electrons. The van der Waals surface area contributed by atoms with Gasteiger partial charge in [-0.05, 0) is 31.0 Å². The Labute approximate surface area is 128 Å². The third-order valence-corrected chi connectivity index (χ3v) is 4.28. The lowest BCUT2D eigenvalue weighted by Gasteiger charge is -2.22. The summed E-state index contributed by atoms with van der Waals surface area (Å²) < 4.78 is 0.545. The summed E-state index contributed by atoms with van der Waals surface area (Å²) in [5.74, 6) is 0. The number of hydrogen-bond acceptors (Lipinski definition) is 4. The Morgan fingerprint density at radius 1 is 1.50 bits per heavy atom. The zero-order valence-corrected chi connectivity index (χ0v) is 13.4. The predicted molar refractivity (Wildman–Crippen MR) is 84.8 cm³/mol. The summed E-state index contributed by atoms with van der Waals surface area (Å²) in [6, 6.07) is 1.15. The van der Waals surface area contributed by atoms with Crippen LogP contribution in [0, 0.1) is 0 Å². The van der Waals surface area contributed by atoms with Crippen molar-refractivity contribution in [2.24, 2.45) is 0 Å². The molecule has 0 spiro atoms. The molecule has 0 radical (unpaired) electrons. The molecule has 0 saturated heterocycles. The number of anilines is 1. The number of carbonyl (C=O) groups is 1. The minimum absolute atomic E-state index is 0.0773. The van der Waals surface area contributed by atoms with Crippen molar-refractivity contribution in [1.82, 2.24) is 10.2 Å². The van der Waals surface area contributed by atoms with Gasteiger partial charge in [0.15, 0.2) is 0 Å². The van der Waals surface area contributed by atoms with Gasteiger partial charge in [-0.2, -0.15) is 0 Å². The van der Waals surface area contributed by atoms with Gasteiger partial charge in [0.1, 0.15) is 4.34 Å². The number of carbonyl (C=O) groups excluding carboxylic acids is 1. The predicted octanol–water partition coefficient (Wildman–Crippen LogP) is 2.62. The summed E-state index contributed by atoms with van der Waals surface area (Å²) in [6.07, 6.45) is 0.711. The SMILES string of the molecule is CCN(CC)CC[C@H](CO)NC(=O)Nc1ccsc1Cl. The highest BCUT2D eigenvalue weighted by Crippen LogP contribution is 2.27. The fourth-order valence-corrected chi connectivity index (χ4v) is 2.65. The lowest BCUT2D eigenvalue weighted by atomic mass is 10.2. The van der Waals surface area contributed by atoms with E-state index < -0.39 is 0 Å². The van der Waals surface area contributed by atoms with Crippen LogP contribution in [0.3, 0.4) is 0 Å². The summed E-state index contributed by atoms with van der Waals surface area (Å²) >= 11 is 7.27. The molecule has 0 saturated carbocycles. The molecule has 1 rings (SSSR count). The second-order valence-electron chi connectivity index (χ2n) is 4.40. The second-order valence-corrected chi connectivity index (χ2v) is 5.92. The number of hydrogen-bond donors (Lipinski definition) is 3. The normalized spacial score (nSPS) is 12.4. The number of urea groups is 1. The van der Waals surface area contributed by atoms with Gasteiger partial charge in [0, 0.05) is 6.54 Å². The summed E-state index contributed by atoms with van der Waals surface area (Å²) in [5.41, 5.74) is 0.592. The van der Waals surface area contributed by atoms with E-state index in [0.29, 0.717) is 16.4 Å². The number of halogens is 1. The van der Waals surface area contributed by atoms with Crippen molar-refractivity contribution in [1.29, 1.82) is 0 Å². The molecule has 1 atom stereocenters. The Morgan fingerprint density at radius 2 is 2.20 bits per heavy atom. The summed E-state index contributed by atoms with van der Waals surface area (Å²) in [7, 11) is 0. The van der Waals surface area contributed by atoms with Crippen molar-refractivity contribution in [2.45, 2.75) is 26.3 Å². The third kappa shape index (κ3) is 5.66. The maximum absolute atomic E-state index is 11.8. The zero-order chi connectivity index (χ0) is 15.0. The molecule has 1 aromatic rings.